The molecule has 4 heteroatoms. The van der Waals surface area contributed by atoms with Gasteiger partial charge in [-0.15, -0.1) is 11.3 Å². The summed E-state index contributed by atoms with van der Waals surface area (Å²) in [5, 5.41) is 0. The van der Waals surface area contributed by atoms with Gasteiger partial charge in [0.05, 0.1) is 7.57 Å². The summed E-state index contributed by atoms with van der Waals surface area (Å²) in [6.45, 7) is 8.14. The molecule has 2 rings (SSSR count). The van der Waals surface area contributed by atoms with Crippen LogP contribution in [0.5, 0.6) is 0 Å². The van der Waals surface area contributed by atoms with Gasteiger partial charge in [-0.1, -0.05) is 6.07 Å². The molecular formula is C15H14Br2OS. The van der Waals surface area contributed by atoms with Crippen molar-refractivity contribution in [2.24, 2.45) is 0 Å². The molecule has 0 radical (unpaired) electrons. The SMILES string of the molecule is Cc1cc(C)c(C)c(C(=O)c2cc(Br)sc2Br)c1C. The fourth-order valence-electron chi connectivity index (χ4n) is 2.19. The number of ketones is 1. The molecule has 19 heavy (non-hydrogen) atoms. The zero-order valence-corrected chi connectivity index (χ0v) is 15.2. The van der Waals surface area contributed by atoms with Gasteiger partial charge in [-0.3, -0.25) is 4.79 Å². The second kappa shape index (κ2) is 5.51. The Morgan fingerprint density at radius 2 is 1.53 bits per heavy atom. The lowest BCUT2D eigenvalue weighted by Gasteiger charge is -2.14. The molecule has 0 bridgehead atoms. The van der Waals surface area contributed by atoms with E-state index < -0.39 is 0 Å². The molecule has 1 heterocycles. The Labute approximate surface area is 134 Å². The van der Waals surface area contributed by atoms with E-state index in [0.717, 1.165) is 41.0 Å². The number of hydrogen-bond donors (Lipinski definition) is 0. The van der Waals surface area contributed by atoms with Crippen molar-refractivity contribution < 1.29 is 4.79 Å². The van der Waals surface area contributed by atoms with Crippen LogP contribution in [0, 0.1) is 27.7 Å². The van der Waals surface area contributed by atoms with E-state index in [-0.39, 0.29) is 5.78 Å². The van der Waals surface area contributed by atoms with E-state index >= 15 is 0 Å². The minimum atomic E-state index is 0.0932. The molecule has 1 nitrogen and oxygen atoms in total. The highest BCUT2D eigenvalue weighted by molar-refractivity contribution is 9.12. The number of rotatable bonds is 2. The second-order valence-electron chi connectivity index (χ2n) is 4.70. The van der Waals surface area contributed by atoms with E-state index in [2.05, 4.69) is 51.8 Å². The van der Waals surface area contributed by atoms with Crippen LogP contribution in [0.25, 0.3) is 0 Å². The Kier molecular flexibility index (Phi) is 4.33. The zero-order chi connectivity index (χ0) is 14.3. The average Bonchev–Trinajstić information content (AvgIpc) is 2.66. The van der Waals surface area contributed by atoms with Crippen LogP contribution < -0.4 is 0 Å². The highest BCUT2D eigenvalue weighted by Crippen LogP contribution is 2.35. The summed E-state index contributed by atoms with van der Waals surface area (Å²) < 4.78 is 1.84. The van der Waals surface area contributed by atoms with E-state index in [1.807, 2.05) is 19.9 Å². The van der Waals surface area contributed by atoms with Crippen molar-refractivity contribution in [3.05, 3.63) is 53.1 Å². The number of benzene rings is 1. The molecular weight excluding hydrogens is 388 g/mol. The second-order valence-corrected chi connectivity index (χ2v) is 8.45. The van der Waals surface area contributed by atoms with Gasteiger partial charge in [0, 0.05) is 11.1 Å². The molecule has 1 aromatic carbocycles. The normalized spacial score (nSPS) is 10.8. The van der Waals surface area contributed by atoms with Crippen molar-refractivity contribution in [3.8, 4) is 0 Å². The molecule has 0 N–H and O–H groups in total. The number of hydrogen-bond acceptors (Lipinski definition) is 2. The average molecular weight is 402 g/mol. The van der Waals surface area contributed by atoms with Gasteiger partial charge in [-0.05, 0) is 87.9 Å². The van der Waals surface area contributed by atoms with Crippen molar-refractivity contribution in [3.63, 3.8) is 0 Å². The molecule has 0 fully saturated rings. The van der Waals surface area contributed by atoms with Gasteiger partial charge in [0.15, 0.2) is 5.78 Å². The maximum atomic E-state index is 12.8. The van der Waals surface area contributed by atoms with Gasteiger partial charge >= 0.3 is 0 Å². The van der Waals surface area contributed by atoms with Crippen LogP contribution in [0.2, 0.25) is 0 Å². The van der Waals surface area contributed by atoms with Crippen molar-refractivity contribution in [1.29, 1.82) is 0 Å². The van der Waals surface area contributed by atoms with Gasteiger partial charge < -0.3 is 0 Å². The number of carbonyl (C=O) groups excluding carboxylic acids is 1. The summed E-state index contributed by atoms with van der Waals surface area (Å²) in [4.78, 5) is 12.8. The van der Waals surface area contributed by atoms with Crippen LogP contribution in [0.15, 0.2) is 19.7 Å². The van der Waals surface area contributed by atoms with E-state index in [4.69, 9.17) is 0 Å². The standard InChI is InChI=1S/C15H14Br2OS/c1-7-5-8(2)10(4)13(9(7)3)14(18)11-6-12(16)19-15(11)17/h5-6H,1-4H3. The van der Waals surface area contributed by atoms with Crippen molar-refractivity contribution in [1.82, 2.24) is 0 Å². The Hall–Kier alpha value is -0.450. The minimum Gasteiger partial charge on any atom is -0.289 e. The lowest BCUT2D eigenvalue weighted by molar-refractivity contribution is 0.103. The highest BCUT2D eigenvalue weighted by Gasteiger charge is 2.21. The third-order valence-corrected chi connectivity index (χ3v) is 5.83. The Bertz CT molecular complexity index is 645. The van der Waals surface area contributed by atoms with Crippen LogP contribution in [-0.2, 0) is 0 Å². The third-order valence-electron chi connectivity index (χ3n) is 3.49. The third kappa shape index (κ3) is 2.71. The lowest BCUT2D eigenvalue weighted by atomic mass is 9.90. The van der Waals surface area contributed by atoms with Gasteiger partial charge in [0.25, 0.3) is 0 Å². The lowest BCUT2D eigenvalue weighted by Crippen LogP contribution is -2.08. The summed E-state index contributed by atoms with van der Waals surface area (Å²) in [7, 11) is 0. The van der Waals surface area contributed by atoms with Crippen molar-refractivity contribution in [2.75, 3.05) is 0 Å². The smallest absolute Gasteiger partial charge is 0.195 e. The van der Waals surface area contributed by atoms with Crippen LogP contribution in [0.1, 0.15) is 38.2 Å². The van der Waals surface area contributed by atoms with Gasteiger partial charge in [-0.25, -0.2) is 0 Å². The monoisotopic (exact) mass is 400 g/mol. The van der Waals surface area contributed by atoms with Crippen LogP contribution >= 0.6 is 43.2 Å². The molecule has 0 aliphatic carbocycles. The Balaban J connectivity index is 2.66. The van der Waals surface area contributed by atoms with E-state index in [9.17, 15) is 4.79 Å². The van der Waals surface area contributed by atoms with Crippen LogP contribution in [0.3, 0.4) is 0 Å². The van der Waals surface area contributed by atoms with Crippen LogP contribution in [-0.4, -0.2) is 5.78 Å². The molecule has 100 valence electrons. The van der Waals surface area contributed by atoms with Gasteiger partial charge in [0.1, 0.15) is 0 Å². The first kappa shape index (κ1) is 14.9. The van der Waals surface area contributed by atoms with E-state index in [1.54, 1.807) is 0 Å². The predicted octanol–water partition coefficient (Wildman–Crippen LogP) is 5.74. The number of halogens is 2. The Morgan fingerprint density at radius 3 is 1.95 bits per heavy atom. The molecule has 0 aliphatic heterocycles. The number of carbonyl (C=O) groups is 1. The van der Waals surface area contributed by atoms with Gasteiger partial charge in [0.2, 0.25) is 0 Å². The first-order valence-corrected chi connectivity index (χ1v) is 8.30. The zero-order valence-electron chi connectivity index (χ0n) is 11.2. The maximum Gasteiger partial charge on any atom is 0.195 e. The summed E-state index contributed by atoms with van der Waals surface area (Å²) in [5.74, 6) is 0.0932. The molecule has 0 aliphatic rings. The molecule has 1 aromatic heterocycles. The fourth-order valence-corrected chi connectivity index (χ4v) is 4.98. The first-order valence-electron chi connectivity index (χ1n) is 5.90. The first-order chi connectivity index (χ1) is 8.82. The Morgan fingerprint density at radius 1 is 1.00 bits per heavy atom. The molecule has 0 unspecified atom stereocenters. The fraction of sp³-hybridized carbons (Fsp3) is 0.267. The van der Waals surface area contributed by atoms with Crippen LogP contribution in [0.4, 0.5) is 0 Å². The van der Waals surface area contributed by atoms with E-state index in [0.29, 0.717) is 0 Å². The summed E-state index contributed by atoms with van der Waals surface area (Å²) in [6, 6.07) is 4.02. The predicted molar refractivity (Wildman–Crippen MR) is 88.5 cm³/mol. The molecule has 0 saturated carbocycles. The molecule has 2 aromatic rings. The molecule has 0 amide bonds. The topological polar surface area (TPSA) is 17.1 Å². The van der Waals surface area contributed by atoms with Crippen molar-refractivity contribution in [2.45, 2.75) is 27.7 Å². The molecule has 0 saturated heterocycles. The summed E-state index contributed by atoms with van der Waals surface area (Å²) in [6.07, 6.45) is 0. The molecule has 0 spiro atoms. The maximum absolute atomic E-state index is 12.8. The number of thiophene rings is 1. The largest absolute Gasteiger partial charge is 0.289 e. The quantitative estimate of drug-likeness (QED) is 0.586. The summed E-state index contributed by atoms with van der Waals surface area (Å²) in [5.41, 5.74) is 6.04. The van der Waals surface area contributed by atoms with Crippen molar-refractivity contribution >= 4 is 49.0 Å². The minimum absolute atomic E-state index is 0.0932. The summed E-state index contributed by atoms with van der Waals surface area (Å²) >= 11 is 8.42. The highest BCUT2D eigenvalue weighted by atomic mass is 79.9. The van der Waals surface area contributed by atoms with Gasteiger partial charge in [-0.2, -0.15) is 0 Å². The number of aryl methyl sites for hydroxylation is 2. The van der Waals surface area contributed by atoms with E-state index in [1.165, 1.54) is 11.3 Å². The molecule has 0 atom stereocenters.